The Kier molecular flexibility index (Phi) is 5.87. The third-order valence-corrected chi connectivity index (χ3v) is 7.92. The number of benzene rings is 1. The quantitative estimate of drug-likeness (QED) is 0.487. The summed E-state index contributed by atoms with van der Waals surface area (Å²) in [5.74, 6) is 5.23. The van der Waals surface area contributed by atoms with E-state index in [0.717, 1.165) is 29.6 Å². The highest BCUT2D eigenvalue weighted by Crippen LogP contribution is 2.41. The Hall–Kier alpha value is -1.04. The first-order valence-electron chi connectivity index (χ1n) is 11.5. The lowest BCUT2D eigenvalue weighted by molar-refractivity contribution is 0.225. The van der Waals surface area contributed by atoms with E-state index in [1.54, 1.807) is 11.1 Å². The molecule has 26 heavy (non-hydrogen) atoms. The van der Waals surface area contributed by atoms with Crippen molar-refractivity contribution in [3.05, 3.63) is 47.5 Å². The highest BCUT2D eigenvalue weighted by atomic mass is 14.3. The Bertz CT molecular complexity index is 579. The van der Waals surface area contributed by atoms with Gasteiger partial charge in [0.25, 0.3) is 0 Å². The first-order chi connectivity index (χ1) is 12.7. The van der Waals surface area contributed by atoms with Crippen LogP contribution >= 0.6 is 0 Å². The molecule has 0 amide bonds. The standard InChI is InChI=1S/C26H38/c1-19-3-7-21(8-4-19)23-11-15-25(16-12-23)26-17-13-24(14-18-26)22-9-5-20(2)6-10-22/h11-13,15-17,19-22,24,26H,3-10,14,18H2,1-2H3. The molecule has 2 atom stereocenters. The topological polar surface area (TPSA) is 0 Å². The van der Waals surface area contributed by atoms with Gasteiger partial charge in [-0.3, -0.25) is 0 Å². The van der Waals surface area contributed by atoms with Gasteiger partial charge < -0.3 is 0 Å². The fourth-order valence-corrected chi connectivity index (χ4v) is 5.83. The minimum Gasteiger partial charge on any atom is -0.0845 e. The summed E-state index contributed by atoms with van der Waals surface area (Å²) >= 11 is 0. The maximum atomic E-state index is 2.59. The maximum absolute atomic E-state index is 2.59. The largest absolute Gasteiger partial charge is 0.0845 e. The molecule has 142 valence electrons. The predicted octanol–water partition coefficient (Wildman–Crippen LogP) is 7.86. The molecule has 3 aliphatic rings. The van der Waals surface area contributed by atoms with Gasteiger partial charge in [0, 0.05) is 5.92 Å². The zero-order valence-corrected chi connectivity index (χ0v) is 17.0. The average molecular weight is 351 g/mol. The Balaban J connectivity index is 1.34. The van der Waals surface area contributed by atoms with E-state index in [-0.39, 0.29) is 0 Å². The van der Waals surface area contributed by atoms with E-state index >= 15 is 0 Å². The van der Waals surface area contributed by atoms with Gasteiger partial charge in [0.2, 0.25) is 0 Å². The molecule has 1 aromatic rings. The van der Waals surface area contributed by atoms with Crippen LogP contribution in [0.4, 0.5) is 0 Å². The molecule has 4 rings (SSSR count). The van der Waals surface area contributed by atoms with Crippen molar-refractivity contribution in [2.75, 3.05) is 0 Å². The molecule has 2 saturated carbocycles. The van der Waals surface area contributed by atoms with E-state index in [1.165, 1.54) is 64.2 Å². The third-order valence-electron chi connectivity index (χ3n) is 7.92. The van der Waals surface area contributed by atoms with E-state index in [9.17, 15) is 0 Å². The number of allylic oxidation sites excluding steroid dienone is 2. The third kappa shape index (κ3) is 4.26. The summed E-state index contributed by atoms with van der Waals surface area (Å²) in [5.41, 5.74) is 3.14. The Morgan fingerprint density at radius 3 is 1.73 bits per heavy atom. The van der Waals surface area contributed by atoms with Gasteiger partial charge in [0.15, 0.2) is 0 Å². The lowest BCUT2D eigenvalue weighted by Gasteiger charge is -2.34. The van der Waals surface area contributed by atoms with Gasteiger partial charge in [0.1, 0.15) is 0 Å². The zero-order valence-electron chi connectivity index (χ0n) is 17.0. The first-order valence-corrected chi connectivity index (χ1v) is 11.5. The van der Waals surface area contributed by atoms with Crippen molar-refractivity contribution < 1.29 is 0 Å². The smallest absolute Gasteiger partial charge is 0.00182 e. The summed E-state index contributed by atoms with van der Waals surface area (Å²) < 4.78 is 0. The minimum atomic E-state index is 0.661. The Labute approximate surface area is 161 Å². The van der Waals surface area contributed by atoms with Crippen LogP contribution in [0, 0.1) is 23.7 Å². The van der Waals surface area contributed by atoms with E-state index in [2.05, 4.69) is 50.3 Å². The molecule has 0 aliphatic heterocycles. The van der Waals surface area contributed by atoms with Crippen LogP contribution in [0.2, 0.25) is 0 Å². The Morgan fingerprint density at radius 2 is 1.15 bits per heavy atom. The van der Waals surface area contributed by atoms with Gasteiger partial charge in [0.05, 0.1) is 0 Å². The summed E-state index contributed by atoms with van der Waals surface area (Å²) in [4.78, 5) is 0. The normalized spacial score (nSPS) is 38.2. The molecular formula is C26H38. The van der Waals surface area contributed by atoms with Gasteiger partial charge >= 0.3 is 0 Å². The molecule has 2 fully saturated rings. The van der Waals surface area contributed by atoms with Crippen molar-refractivity contribution in [2.24, 2.45) is 23.7 Å². The molecule has 0 aromatic heterocycles. The van der Waals surface area contributed by atoms with Gasteiger partial charge in [-0.2, -0.15) is 0 Å². The second kappa shape index (κ2) is 8.32. The highest BCUT2D eigenvalue weighted by Gasteiger charge is 2.27. The minimum absolute atomic E-state index is 0.661. The average Bonchev–Trinajstić information content (AvgIpc) is 2.70. The number of hydrogen-bond donors (Lipinski definition) is 0. The summed E-state index contributed by atoms with van der Waals surface area (Å²) in [6.45, 7) is 4.84. The molecular weight excluding hydrogens is 312 g/mol. The summed E-state index contributed by atoms with van der Waals surface area (Å²) in [6, 6.07) is 9.76. The molecule has 0 saturated heterocycles. The SMILES string of the molecule is CC1CCC(c2ccc(C3C=CC(C4CCC(C)CC4)CC3)cc2)CC1. The van der Waals surface area contributed by atoms with Crippen molar-refractivity contribution in [3.8, 4) is 0 Å². The van der Waals surface area contributed by atoms with Crippen molar-refractivity contribution in [3.63, 3.8) is 0 Å². The second-order valence-corrected chi connectivity index (χ2v) is 9.88. The fourth-order valence-electron chi connectivity index (χ4n) is 5.83. The molecule has 2 unspecified atom stereocenters. The summed E-state index contributed by atoms with van der Waals surface area (Å²) in [7, 11) is 0. The predicted molar refractivity (Wildman–Crippen MR) is 113 cm³/mol. The molecule has 0 heterocycles. The van der Waals surface area contributed by atoms with Crippen LogP contribution in [0.3, 0.4) is 0 Å². The van der Waals surface area contributed by atoms with E-state index in [1.807, 2.05) is 0 Å². The van der Waals surface area contributed by atoms with Crippen LogP contribution in [-0.4, -0.2) is 0 Å². The van der Waals surface area contributed by atoms with Crippen LogP contribution in [0.15, 0.2) is 36.4 Å². The lowest BCUT2D eigenvalue weighted by Crippen LogP contribution is -2.22. The van der Waals surface area contributed by atoms with E-state index < -0.39 is 0 Å². The van der Waals surface area contributed by atoms with Gasteiger partial charge in [-0.1, -0.05) is 75.9 Å². The molecule has 0 bridgehead atoms. The molecule has 1 aromatic carbocycles. The maximum Gasteiger partial charge on any atom is 0.00182 e. The van der Waals surface area contributed by atoms with Crippen LogP contribution in [0.25, 0.3) is 0 Å². The van der Waals surface area contributed by atoms with Crippen LogP contribution in [0.5, 0.6) is 0 Å². The molecule has 3 aliphatic carbocycles. The zero-order chi connectivity index (χ0) is 17.9. The van der Waals surface area contributed by atoms with Gasteiger partial charge in [-0.05, 0) is 79.2 Å². The second-order valence-electron chi connectivity index (χ2n) is 9.88. The highest BCUT2D eigenvalue weighted by molar-refractivity contribution is 5.31. The first kappa shape index (κ1) is 18.3. The number of rotatable bonds is 3. The van der Waals surface area contributed by atoms with Crippen molar-refractivity contribution in [1.29, 1.82) is 0 Å². The molecule has 0 nitrogen and oxygen atoms in total. The van der Waals surface area contributed by atoms with Gasteiger partial charge in [-0.15, -0.1) is 0 Å². The number of hydrogen-bond acceptors (Lipinski definition) is 0. The fraction of sp³-hybridized carbons (Fsp3) is 0.692. The van der Waals surface area contributed by atoms with Crippen LogP contribution in [0.1, 0.15) is 101 Å². The van der Waals surface area contributed by atoms with Crippen molar-refractivity contribution in [2.45, 2.75) is 89.9 Å². The van der Waals surface area contributed by atoms with Crippen molar-refractivity contribution >= 4 is 0 Å². The van der Waals surface area contributed by atoms with Gasteiger partial charge in [-0.25, -0.2) is 0 Å². The Morgan fingerprint density at radius 1 is 0.577 bits per heavy atom. The van der Waals surface area contributed by atoms with Crippen LogP contribution < -0.4 is 0 Å². The van der Waals surface area contributed by atoms with Crippen LogP contribution in [-0.2, 0) is 0 Å². The molecule has 0 heteroatoms. The molecule has 0 radical (unpaired) electrons. The summed E-state index contributed by atoms with van der Waals surface area (Å²) in [5, 5.41) is 0. The lowest BCUT2D eigenvalue weighted by atomic mass is 9.71. The molecule has 0 N–H and O–H groups in total. The molecule has 0 spiro atoms. The van der Waals surface area contributed by atoms with Crippen molar-refractivity contribution in [1.82, 2.24) is 0 Å². The monoisotopic (exact) mass is 350 g/mol. The van der Waals surface area contributed by atoms with E-state index in [4.69, 9.17) is 0 Å². The summed E-state index contributed by atoms with van der Waals surface area (Å²) in [6.07, 6.45) is 19.4. The van der Waals surface area contributed by atoms with E-state index in [0.29, 0.717) is 5.92 Å².